The highest BCUT2D eigenvalue weighted by molar-refractivity contribution is 5.80. The van der Waals surface area contributed by atoms with E-state index in [2.05, 4.69) is 17.0 Å². The fourth-order valence-corrected chi connectivity index (χ4v) is 6.13. The van der Waals surface area contributed by atoms with Crippen LogP contribution in [0.25, 0.3) is 0 Å². The Hall–Kier alpha value is -2.69. The van der Waals surface area contributed by atoms with Gasteiger partial charge in [-0.15, -0.1) is 0 Å². The number of piperidine rings is 3. The van der Waals surface area contributed by atoms with Gasteiger partial charge in [0.15, 0.2) is 0 Å². The van der Waals surface area contributed by atoms with E-state index in [1.54, 1.807) is 13.0 Å². The number of likely N-dealkylation sites (tertiary alicyclic amines) is 1. The SMILES string of the molecule is Cc1ccc(CC(=O)N2C[C@H]3C[C@@H](C2)[C@H](Cc2ccccc2)N2C(=O)CCC[C@@H]32)cc1F. The van der Waals surface area contributed by atoms with Gasteiger partial charge in [-0.05, 0) is 67.2 Å². The molecule has 0 aliphatic carbocycles. The van der Waals surface area contributed by atoms with E-state index in [9.17, 15) is 14.0 Å². The third-order valence-corrected chi connectivity index (χ3v) is 7.73. The fourth-order valence-electron chi connectivity index (χ4n) is 6.13. The number of carbonyl (C=O) groups excluding carboxylic acids is 2. The second-order valence-corrected chi connectivity index (χ2v) is 9.83. The van der Waals surface area contributed by atoms with Crippen LogP contribution in [0, 0.1) is 24.6 Å². The van der Waals surface area contributed by atoms with Crippen LogP contribution < -0.4 is 0 Å². The molecule has 3 heterocycles. The van der Waals surface area contributed by atoms with Gasteiger partial charge in [0.05, 0.1) is 6.42 Å². The highest BCUT2D eigenvalue weighted by atomic mass is 19.1. The lowest BCUT2D eigenvalue weighted by molar-refractivity contribution is -0.155. The maximum atomic E-state index is 14.0. The van der Waals surface area contributed by atoms with E-state index in [0.29, 0.717) is 31.0 Å². The zero-order chi connectivity index (χ0) is 22.2. The summed E-state index contributed by atoms with van der Waals surface area (Å²) in [5, 5.41) is 0. The average molecular weight is 435 g/mol. The molecule has 168 valence electrons. The Morgan fingerprint density at radius 1 is 1.06 bits per heavy atom. The lowest BCUT2D eigenvalue weighted by Gasteiger charge is -2.56. The Balaban J connectivity index is 1.37. The Morgan fingerprint density at radius 3 is 2.62 bits per heavy atom. The van der Waals surface area contributed by atoms with Crippen molar-refractivity contribution >= 4 is 11.8 Å². The zero-order valence-electron chi connectivity index (χ0n) is 18.7. The van der Waals surface area contributed by atoms with Gasteiger partial charge in [-0.3, -0.25) is 9.59 Å². The molecule has 0 aromatic heterocycles. The molecule has 2 amide bonds. The molecular formula is C27H31FN2O2. The van der Waals surface area contributed by atoms with Crippen LogP contribution >= 0.6 is 0 Å². The Morgan fingerprint density at radius 2 is 1.84 bits per heavy atom. The van der Waals surface area contributed by atoms with Crippen LogP contribution in [0.2, 0.25) is 0 Å². The number of rotatable bonds is 4. The molecule has 4 nitrogen and oxygen atoms in total. The molecule has 3 aliphatic heterocycles. The smallest absolute Gasteiger partial charge is 0.227 e. The minimum atomic E-state index is -0.259. The van der Waals surface area contributed by atoms with Crippen molar-refractivity contribution in [2.45, 2.75) is 57.5 Å². The summed E-state index contributed by atoms with van der Waals surface area (Å²) < 4.78 is 14.0. The predicted molar refractivity (Wildman–Crippen MR) is 121 cm³/mol. The maximum Gasteiger partial charge on any atom is 0.227 e. The summed E-state index contributed by atoms with van der Waals surface area (Å²) >= 11 is 0. The van der Waals surface area contributed by atoms with Crippen molar-refractivity contribution < 1.29 is 14.0 Å². The summed E-state index contributed by atoms with van der Waals surface area (Å²) in [6, 6.07) is 15.8. The van der Waals surface area contributed by atoms with Gasteiger partial charge in [-0.1, -0.05) is 42.5 Å². The van der Waals surface area contributed by atoms with Gasteiger partial charge >= 0.3 is 0 Å². The zero-order valence-corrected chi connectivity index (χ0v) is 18.7. The van der Waals surface area contributed by atoms with Gasteiger partial charge in [0.2, 0.25) is 11.8 Å². The summed E-state index contributed by atoms with van der Waals surface area (Å²) in [4.78, 5) is 30.4. The fraction of sp³-hybridized carbons (Fsp3) is 0.481. The summed E-state index contributed by atoms with van der Waals surface area (Å²) in [6.45, 7) is 3.12. The van der Waals surface area contributed by atoms with Crippen LogP contribution in [-0.2, 0) is 22.4 Å². The normalized spacial score (nSPS) is 27.2. The highest BCUT2D eigenvalue weighted by Crippen LogP contribution is 2.42. The van der Waals surface area contributed by atoms with E-state index in [-0.39, 0.29) is 42.1 Å². The highest BCUT2D eigenvalue weighted by Gasteiger charge is 2.49. The van der Waals surface area contributed by atoms with Crippen molar-refractivity contribution in [1.29, 1.82) is 0 Å². The van der Waals surface area contributed by atoms with Crippen molar-refractivity contribution in [2.75, 3.05) is 13.1 Å². The molecule has 32 heavy (non-hydrogen) atoms. The standard InChI is InChI=1S/C27H31FN2O2/c1-18-10-11-20(12-23(18)28)14-27(32)29-16-21-15-22(17-29)25(13-19-6-3-2-4-7-19)30-24(21)8-5-9-26(30)31/h2-4,6-7,10-12,21-22,24-25H,5,8-9,13-17H2,1H3/t21-,22+,24+,25+/m1/s1. The first kappa shape index (κ1) is 21.2. The minimum Gasteiger partial charge on any atom is -0.342 e. The molecule has 0 spiro atoms. The largest absolute Gasteiger partial charge is 0.342 e. The third-order valence-electron chi connectivity index (χ3n) is 7.73. The van der Waals surface area contributed by atoms with E-state index in [0.717, 1.165) is 31.2 Å². The number of fused-ring (bicyclic) bond motifs is 4. The van der Waals surface area contributed by atoms with Gasteiger partial charge in [-0.25, -0.2) is 4.39 Å². The summed E-state index contributed by atoms with van der Waals surface area (Å²) in [5.41, 5.74) is 2.57. The molecule has 0 saturated carbocycles. The second kappa shape index (κ2) is 8.68. The van der Waals surface area contributed by atoms with Gasteiger partial charge in [-0.2, -0.15) is 0 Å². The Kier molecular flexibility index (Phi) is 5.75. The first-order chi connectivity index (χ1) is 15.5. The molecule has 0 N–H and O–H groups in total. The number of amides is 2. The molecular weight excluding hydrogens is 403 g/mol. The molecule has 2 aromatic rings. The lowest BCUT2D eigenvalue weighted by atomic mass is 9.70. The average Bonchev–Trinajstić information content (AvgIpc) is 2.80. The van der Waals surface area contributed by atoms with Crippen molar-refractivity contribution in [2.24, 2.45) is 11.8 Å². The number of nitrogens with zero attached hydrogens (tertiary/aromatic N) is 2. The molecule has 3 saturated heterocycles. The molecule has 0 unspecified atom stereocenters. The monoisotopic (exact) mass is 434 g/mol. The Labute approximate surface area is 189 Å². The number of benzene rings is 2. The van der Waals surface area contributed by atoms with Crippen LogP contribution in [0.1, 0.15) is 42.4 Å². The lowest BCUT2D eigenvalue weighted by Crippen LogP contribution is -2.66. The number of hydrogen-bond acceptors (Lipinski definition) is 2. The first-order valence-electron chi connectivity index (χ1n) is 11.9. The third kappa shape index (κ3) is 4.05. The Bertz CT molecular complexity index is 1010. The van der Waals surface area contributed by atoms with Crippen molar-refractivity contribution in [3.63, 3.8) is 0 Å². The molecule has 0 radical (unpaired) electrons. The van der Waals surface area contributed by atoms with Gasteiger partial charge in [0, 0.05) is 31.6 Å². The van der Waals surface area contributed by atoms with Crippen LogP contribution in [-0.4, -0.2) is 46.8 Å². The van der Waals surface area contributed by atoms with Crippen LogP contribution in [0.15, 0.2) is 48.5 Å². The predicted octanol–water partition coefficient (Wildman–Crippen LogP) is 4.15. The summed E-state index contributed by atoms with van der Waals surface area (Å²) in [7, 11) is 0. The van der Waals surface area contributed by atoms with Crippen molar-refractivity contribution in [1.82, 2.24) is 9.80 Å². The molecule has 3 fully saturated rings. The van der Waals surface area contributed by atoms with E-state index >= 15 is 0 Å². The van der Waals surface area contributed by atoms with Gasteiger partial charge in [0.25, 0.3) is 0 Å². The van der Waals surface area contributed by atoms with Crippen molar-refractivity contribution in [3.8, 4) is 0 Å². The van der Waals surface area contributed by atoms with Gasteiger partial charge < -0.3 is 9.80 Å². The van der Waals surface area contributed by atoms with E-state index in [4.69, 9.17) is 0 Å². The summed E-state index contributed by atoms with van der Waals surface area (Å²) in [6.07, 6.45) is 4.76. The van der Waals surface area contributed by atoms with Gasteiger partial charge in [0.1, 0.15) is 5.82 Å². The van der Waals surface area contributed by atoms with Crippen LogP contribution in [0.5, 0.6) is 0 Å². The molecule has 2 bridgehead atoms. The number of halogens is 1. The van der Waals surface area contributed by atoms with Crippen molar-refractivity contribution in [3.05, 3.63) is 71.0 Å². The topological polar surface area (TPSA) is 40.6 Å². The van der Waals surface area contributed by atoms with E-state index < -0.39 is 0 Å². The molecule has 3 aliphatic rings. The quantitative estimate of drug-likeness (QED) is 0.726. The number of aryl methyl sites for hydroxylation is 1. The summed E-state index contributed by atoms with van der Waals surface area (Å²) in [5.74, 6) is 0.712. The van der Waals surface area contributed by atoms with E-state index in [1.165, 1.54) is 11.6 Å². The molecule has 2 aromatic carbocycles. The molecule has 5 rings (SSSR count). The van der Waals surface area contributed by atoms with E-state index in [1.807, 2.05) is 29.2 Å². The molecule has 5 heteroatoms. The minimum absolute atomic E-state index is 0.0667. The number of carbonyl (C=O) groups is 2. The maximum absolute atomic E-state index is 14.0. The van der Waals surface area contributed by atoms with Crippen LogP contribution in [0.3, 0.4) is 0 Å². The first-order valence-corrected chi connectivity index (χ1v) is 11.9. The number of hydrogen-bond donors (Lipinski definition) is 0. The second-order valence-electron chi connectivity index (χ2n) is 9.83. The van der Waals surface area contributed by atoms with Crippen LogP contribution in [0.4, 0.5) is 4.39 Å². The molecule has 4 atom stereocenters.